The third-order valence-electron chi connectivity index (χ3n) is 3.52. The van der Waals surface area contributed by atoms with E-state index in [1.54, 1.807) is 0 Å². The Hall–Kier alpha value is -1.08. The summed E-state index contributed by atoms with van der Waals surface area (Å²) in [4.78, 5) is 0. The SMILES string of the molecule is C1=Cc2cc(C3CCCCN3)ccc2C1. The average Bonchev–Trinajstić information content (AvgIpc) is 2.77. The van der Waals surface area contributed by atoms with Gasteiger partial charge in [-0.1, -0.05) is 30.7 Å². The summed E-state index contributed by atoms with van der Waals surface area (Å²) >= 11 is 0. The maximum absolute atomic E-state index is 3.60. The quantitative estimate of drug-likeness (QED) is 0.733. The summed E-state index contributed by atoms with van der Waals surface area (Å²) in [7, 11) is 0. The van der Waals surface area contributed by atoms with E-state index in [1.807, 2.05) is 0 Å². The van der Waals surface area contributed by atoms with E-state index in [0.29, 0.717) is 6.04 Å². The molecule has 1 N–H and O–H groups in total. The van der Waals surface area contributed by atoms with Gasteiger partial charge in [-0.2, -0.15) is 0 Å². The van der Waals surface area contributed by atoms with E-state index in [0.717, 1.165) is 6.42 Å². The van der Waals surface area contributed by atoms with E-state index in [2.05, 4.69) is 35.7 Å². The number of piperidine rings is 1. The van der Waals surface area contributed by atoms with Crippen LogP contribution in [0.3, 0.4) is 0 Å². The minimum Gasteiger partial charge on any atom is -0.310 e. The highest BCUT2D eigenvalue weighted by Gasteiger charge is 2.15. The third kappa shape index (κ3) is 1.72. The molecule has 1 fully saturated rings. The molecule has 1 unspecified atom stereocenters. The fourth-order valence-electron chi connectivity index (χ4n) is 2.62. The van der Waals surface area contributed by atoms with Gasteiger partial charge in [0.1, 0.15) is 0 Å². The van der Waals surface area contributed by atoms with Crippen LogP contribution < -0.4 is 5.32 Å². The second-order valence-corrected chi connectivity index (χ2v) is 4.57. The first-order valence-corrected chi connectivity index (χ1v) is 5.96. The molecule has 1 aromatic carbocycles. The monoisotopic (exact) mass is 199 g/mol. The topological polar surface area (TPSA) is 12.0 Å². The molecule has 1 nitrogen and oxygen atoms in total. The Bertz CT molecular complexity index is 386. The zero-order valence-electron chi connectivity index (χ0n) is 9.00. The van der Waals surface area contributed by atoms with Gasteiger partial charge < -0.3 is 5.32 Å². The molecule has 1 aromatic rings. The van der Waals surface area contributed by atoms with Crippen LogP contribution in [-0.4, -0.2) is 6.54 Å². The first kappa shape index (κ1) is 9.17. The molecule has 2 aliphatic rings. The maximum atomic E-state index is 3.60. The Morgan fingerprint density at radius 1 is 1.20 bits per heavy atom. The number of allylic oxidation sites excluding steroid dienone is 1. The summed E-state index contributed by atoms with van der Waals surface area (Å²) in [6, 6.07) is 7.55. The molecule has 1 heteroatoms. The smallest absolute Gasteiger partial charge is 0.0320 e. The van der Waals surface area contributed by atoms with Crippen LogP contribution in [0, 0.1) is 0 Å². The highest BCUT2D eigenvalue weighted by atomic mass is 14.9. The Morgan fingerprint density at radius 2 is 2.20 bits per heavy atom. The van der Waals surface area contributed by atoms with E-state index in [-0.39, 0.29) is 0 Å². The Labute approximate surface area is 91.2 Å². The molecule has 1 aliphatic carbocycles. The van der Waals surface area contributed by atoms with Crippen molar-refractivity contribution in [2.45, 2.75) is 31.7 Å². The molecule has 1 saturated heterocycles. The van der Waals surface area contributed by atoms with Crippen molar-refractivity contribution in [2.75, 3.05) is 6.54 Å². The van der Waals surface area contributed by atoms with Gasteiger partial charge in [0, 0.05) is 6.04 Å². The lowest BCUT2D eigenvalue weighted by Crippen LogP contribution is -2.26. The van der Waals surface area contributed by atoms with E-state index in [1.165, 1.54) is 42.5 Å². The van der Waals surface area contributed by atoms with Crippen molar-refractivity contribution in [1.29, 1.82) is 0 Å². The highest BCUT2D eigenvalue weighted by molar-refractivity contribution is 5.60. The van der Waals surface area contributed by atoms with E-state index < -0.39 is 0 Å². The zero-order chi connectivity index (χ0) is 10.1. The van der Waals surface area contributed by atoms with Crippen LogP contribution in [0.2, 0.25) is 0 Å². The first-order valence-electron chi connectivity index (χ1n) is 5.96. The molecular weight excluding hydrogens is 182 g/mol. The summed E-state index contributed by atoms with van der Waals surface area (Å²) in [5.41, 5.74) is 4.38. The Balaban J connectivity index is 1.88. The van der Waals surface area contributed by atoms with E-state index in [4.69, 9.17) is 0 Å². The number of fused-ring (bicyclic) bond motifs is 1. The summed E-state index contributed by atoms with van der Waals surface area (Å²) < 4.78 is 0. The van der Waals surface area contributed by atoms with Crippen molar-refractivity contribution in [3.8, 4) is 0 Å². The minimum atomic E-state index is 0.595. The fourth-order valence-corrected chi connectivity index (χ4v) is 2.62. The lowest BCUT2D eigenvalue weighted by molar-refractivity contribution is 0.412. The van der Waals surface area contributed by atoms with Crippen molar-refractivity contribution >= 4 is 6.08 Å². The van der Waals surface area contributed by atoms with E-state index >= 15 is 0 Å². The lowest BCUT2D eigenvalue weighted by Gasteiger charge is -2.24. The largest absolute Gasteiger partial charge is 0.310 e. The van der Waals surface area contributed by atoms with Crippen LogP contribution in [0.15, 0.2) is 24.3 Å². The van der Waals surface area contributed by atoms with Crippen LogP contribution in [0.4, 0.5) is 0 Å². The molecule has 0 saturated carbocycles. The molecule has 0 aromatic heterocycles. The molecule has 0 amide bonds. The molecule has 78 valence electrons. The van der Waals surface area contributed by atoms with Crippen LogP contribution in [0.1, 0.15) is 42.0 Å². The van der Waals surface area contributed by atoms with Crippen molar-refractivity contribution in [3.05, 3.63) is 41.0 Å². The van der Waals surface area contributed by atoms with Gasteiger partial charge in [-0.3, -0.25) is 0 Å². The van der Waals surface area contributed by atoms with Gasteiger partial charge in [-0.15, -0.1) is 0 Å². The second-order valence-electron chi connectivity index (χ2n) is 4.57. The van der Waals surface area contributed by atoms with E-state index in [9.17, 15) is 0 Å². The van der Waals surface area contributed by atoms with Crippen molar-refractivity contribution in [1.82, 2.24) is 5.32 Å². The highest BCUT2D eigenvalue weighted by Crippen LogP contribution is 2.27. The van der Waals surface area contributed by atoms with Crippen LogP contribution in [0.5, 0.6) is 0 Å². The number of hydrogen-bond donors (Lipinski definition) is 1. The lowest BCUT2D eigenvalue weighted by atomic mass is 9.95. The third-order valence-corrected chi connectivity index (χ3v) is 3.52. The Morgan fingerprint density at radius 3 is 3.07 bits per heavy atom. The predicted molar refractivity (Wildman–Crippen MR) is 63.8 cm³/mol. The van der Waals surface area contributed by atoms with Gasteiger partial charge >= 0.3 is 0 Å². The van der Waals surface area contributed by atoms with Crippen LogP contribution in [-0.2, 0) is 6.42 Å². The Kier molecular flexibility index (Phi) is 2.34. The number of benzene rings is 1. The van der Waals surface area contributed by atoms with Crippen molar-refractivity contribution in [3.63, 3.8) is 0 Å². The second kappa shape index (κ2) is 3.82. The number of nitrogens with one attached hydrogen (secondary N) is 1. The van der Waals surface area contributed by atoms with Gasteiger partial charge in [0.2, 0.25) is 0 Å². The summed E-state index contributed by atoms with van der Waals surface area (Å²) in [6.07, 6.45) is 9.62. The minimum absolute atomic E-state index is 0.595. The van der Waals surface area contributed by atoms with Gasteiger partial charge in [-0.05, 0) is 48.6 Å². The molecule has 1 aliphatic heterocycles. The van der Waals surface area contributed by atoms with Crippen molar-refractivity contribution in [2.24, 2.45) is 0 Å². The fraction of sp³-hybridized carbons (Fsp3) is 0.429. The van der Waals surface area contributed by atoms with Gasteiger partial charge in [-0.25, -0.2) is 0 Å². The number of rotatable bonds is 1. The van der Waals surface area contributed by atoms with Crippen LogP contribution in [0.25, 0.3) is 6.08 Å². The normalized spacial score (nSPS) is 24.1. The van der Waals surface area contributed by atoms with Crippen molar-refractivity contribution < 1.29 is 0 Å². The molecule has 1 heterocycles. The predicted octanol–water partition coefficient (Wildman–Crippen LogP) is 3.07. The van der Waals surface area contributed by atoms with Gasteiger partial charge in [0.25, 0.3) is 0 Å². The molecule has 0 spiro atoms. The molecule has 3 rings (SSSR count). The van der Waals surface area contributed by atoms with Gasteiger partial charge in [0.15, 0.2) is 0 Å². The van der Waals surface area contributed by atoms with Crippen LogP contribution >= 0.6 is 0 Å². The standard InChI is InChI=1S/C14H17N/c1-2-9-15-14(6-1)13-8-7-11-4-3-5-12(11)10-13/h3,5,7-8,10,14-15H,1-2,4,6,9H2. The molecule has 0 radical (unpaired) electrons. The molecule has 1 atom stereocenters. The molecular formula is C14H17N. The summed E-state index contributed by atoms with van der Waals surface area (Å²) in [5.74, 6) is 0. The summed E-state index contributed by atoms with van der Waals surface area (Å²) in [6.45, 7) is 1.18. The average molecular weight is 199 g/mol. The summed E-state index contributed by atoms with van der Waals surface area (Å²) in [5, 5.41) is 3.60. The van der Waals surface area contributed by atoms with Gasteiger partial charge in [0.05, 0.1) is 0 Å². The maximum Gasteiger partial charge on any atom is 0.0320 e. The molecule has 0 bridgehead atoms. The first-order chi connectivity index (χ1) is 7.43. The number of hydrogen-bond acceptors (Lipinski definition) is 1. The zero-order valence-corrected chi connectivity index (χ0v) is 9.00. The molecule has 15 heavy (non-hydrogen) atoms.